The third-order valence-corrected chi connectivity index (χ3v) is 6.48. The maximum absolute atomic E-state index is 13.1. The number of fused-ring (bicyclic) bond motifs is 3. The van der Waals surface area contributed by atoms with Crippen molar-refractivity contribution in [2.75, 3.05) is 19.7 Å². The van der Waals surface area contributed by atoms with Gasteiger partial charge in [-0.2, -0.15) is 10.4 Å². The molecule has 2 aliphatic heterocycles. The van der Waals surface area contributed by atoms with E-state index in [2.05, 4.69) is 16.3 Å². The van der Waals surface area contributed by atoms with Crippen molar-refractivity contribution in [2.45, 2.75) is 38.3 Å². The molecule has 0 aliphatic carbocycles. The Morgan fingerprint density at radius 1 is 1.34 bits per heavy atom. The van der Waals surface area contributed by atoms with Crippen LogP contribution < -0.4 is 0 Å². The lowest BCUT2D eigenvalue weighted by Gasteiger charge is -2.43. The highest BCUT2D eigenvalue weighted by molar-refractivity contribution is 5.89. The van der Waals surface area contributed by atoms with Crippen molar-refractivity contribution in [2.24, 2.45) is 0 Å². The van der Waals surface area contributed by atoms with Gasteiger partial charge in [-0.05, 0) is 37.8 Å². The summed E-state index contributed by atoms with van der Waals surface area (Å²) in [6, 6.07) is 10.1. The molecule has 0 unspecified atom stereocenters. The molecule has 1 amide bonds. The molecule has 0 atom stereocenters. The van der Waals surface area contributed by atoms with Crippen molar-refractivity contribution in [1.29, 1.82) is 5.26 Å². The molecular formula is C22H23N5O2. The Balaban J connectivity index is 1.35. The van der Waals surface area contributed by atoms with Gasteiger partial charge in [0, 0.05) is 24.2 Å². The Labute approximate surface area is 168 Å². The number of hydrogen-bond acceptors (Lipinski definition) is 4. The summed E-state index contributed by atoms with van der Waals surface area (Å²) in [6.07, 6.45) is 4.31. The molecular weight excluding hydrogens is 366 g/mol. The Morgan fingerprint density at radius 2 is 2.14 bits per heavy atom. The van der Waals surface area contributed by atoms with Crippen LogP contribution in [0.5, 0.6) is 0 Å². The maximum atomic E-state index is 13.1. The number of nitrogens with one attached hydrogen (secondary N) is 1. The van der Waals surface area contributed by atoms with Gasteiger partial charge < -0.3 is 14.2 Å². The van der Waals surface area contributed by atoms with Crippen molar-refractivity contribution in [3.05, 3.63) is 53.0 Å². The second-order valence-corrected chi connectivity index (χ2v) is 7.92. The number of ether oxygens (including phenoxy) is 1. The summed E-state index contributed by atoms with van der Waals surface area (Å²) in [7, 11) is 0. The SMILES string of the molecule is Cc1c(C#N)c2ccccc2n1CC(=O)N1CCC2(CC1)OCCc1cn[nH]c12. The van der Waals surface area contributed by atoms with Crippen LogP contribution in [0.1, 0.15) is 35.4 Å². The van der Waals surface area contributed by atoms with Crippen molar-refractivity contribution < 1.29 is 9.53 Å². The third-order valence-electron chi connectivity index (χ3n) is 6.48. The molecule has 0 radical (unpaired) electrons. The summed E-state index contributed by atoms with van der Waals surface area (Å²) in [6.45, 7) is 4.16. The zero-order valence-electron chi connectivity index (χ0n) is 16.4. The van der Waals surface area contributed by atoms with Crippen LogP contribution in [-0.2, 0) is 28.1 Å². The Morgan fingerprint density at radius 3 is 2.93 bits per heavy atom. The first-order valence-electron chi connectivity index (χ1n) is 10.1. The quantitative estimate of drug-likeness (QED) is 0.730. The second kappa shape index (κ2) is 6.75. The standard InChI is InChI=1S/C22H23N5O2/c1-15-18(12-23)17-4-2-3-5-19(17)27(15)14-20(28)26-9-7-22(8-10-26)21-16(6-11-29-22)13-24-25-21/h2-5,13H,6-11,14H2,1H3,(H,24,25). The number of para-hydroxylation sites is 1. The number of H-pyrrole nitrogens is 1. The van der Waals surface area contributed by atoms with Gasteiger partial charge in [0.2, 0.25) is 5.91 Å². The lowest BCUT2D eigenvalue weighted by atomic mass is 9.84. The molecule has 3 aromatic rings. The van der Waals surface area contributed by atoms with Crippen LogP contribution in [0, 0.1) is 18.3 Å². The minimum absolute atomic E-state index is 0.0776. The van der Waals surface area contributed by atoms with Gasteiger partial charge in [-0.3, -0.25) is 9.89 Å². The minimum atomic E-state index is -0.342. The number of likely N-dealkylation sites (tertiary alicyclic amines) is 1. The number of aromatic amines is 1. The number of nitriles is 1. The van der Waals surface area contributed by atoms with Gasteiger partial charge in [-0.1, -0.05) is 18.2 Å². The lowest BCUT2D eigenvalue weighted by molar-refractivity contribution is -0.141. The van der Waals surface area contributed by atoms with Crippen LogP contribution in [0.4, 0.5) is 0 Å². The minimum Gasteiger partial charge on any atom is -0.368 e. The first-order valence-corrected chi connectivity index (χ1v) is 10.1. The fourth-order valence-corrected chi connectivity index (χ4v) is 4.85. The topological polar surface area (TPSA) is 86.9 Å². The molecule has 2 aromatic heterocycles. The van der Waals surface area contributed by atoms with Crippen LogP contribution in [0.15, 0.2) is 30.5 Å². The van der Waals surface area contributed by atoms with Gasteiger partial charge >= 0.3 is 0 Å². The number of nitrogens with zero attached hydrogens (tertiary/aromatic N) is 4. The number of amides is 1. The van der Waals surface area contributed by atoms with Gasteiger partial charge in [-0.25, -0.2) is 0 Å². The molecule has 5 rings (SSSR count). The fourth-order valence-electron chi connectivity index (χ4n) is 4.85. The van der Waals surface area contributed by atoms with E-state index in [1.165, 1.54) is 5.56 Å². The van der Waals surface area contributed by atoms with Gasteiger partial charge in [0.15, 0.2) is 0 Å². The Bertz CT molecular complexity index is 1130. The number of benzene rings is 1. The molecule has 0 bridgehead atoms. The van der Waals surface area contributed by atoms with E-state index in [1.807, 2.05) is 46.9 Å². The molecule has 7 nitrogen and oxygen atoms in total. The Hall–Kier alpha value is -3.11. The molecule has 1 fully saturated rings. The zero-order valence-corrected chi connectivity index (χ0v) is 16.4. The second-order valence-electron chi connectivity index (χ2n) is 7.92. The maximum Gasteiger partial charge on any atom is 0.242 e. The fraction of sp³-hybridized carbons (Fsp3) is 0.409. The van der Waals surface area contributed by atoms with E-state index in [1.54, 1.807) is 0 Å². The average molecular weight is 389 g/mol. The van der Waals surface area contributed by atoms with Gasteiger partial charge in [0.05, 0.1) is 29.6 Å². The van der Waals surface area contributed by atoms with Crippen molar-refractivity contribution in [3.8, 4) is 6.07 Å². The highest BCUT2D eigenvalue weighted by Crippen LogP contribution is 2.40. The summed E-state index contributed by atoms with van der Waals surface area (Å²) in [5.41, 5.74) is 4.39. The molecule has 1 N–H and O–H groups in total. The van der Waals surface area contributed by atoms with Crippen molar-refractivity contribution in [3.63, 3.8) is 0 Å². The van der Waals surface area contributed by atoms with E-state index in [0.717, 1.165) is 41.6 Å². The lowest BCUT2D eigenvalue weighted by Crippen LogP contribution is -2.49. The van der Waals surface area contributed by atoms with Crippen LogP contribution >= 0.6 is 0 Å². The van der Waals surface area contributed by atoms with Crippen molar-refractivity contribution in [1.82, 2.24) is 19.7 Å². The van der Waals surface area contributed by atoms with E-state index in [0.29, 0.717) is 25.3 Å². The van der Waals surface area contributed by atoms with Crippen LogP contribution in [0.25, 0.3) is 10.9 Å². The third kappa shape index (κ3) is 2.75. The smallest absolute Gasteiger partial charge is 0.242 e. The van der Waals surface area contributed by atoms with Gasteiger partial charge in [-0.15, -0.1) is 0 Å². The molecule has 2 aliphatic rings. The van der Waals surface area contributed by atoms with Gasteiger partial charge in [0.1, 0.15) is 18.2 Å². The molecule has 0 saturated carbocycles. The van der Waals surface area contributed by atoms with E-state index >= 15 is 0 Å². The number of piperidine rings is 1. The molecule has 148 valence electrons. The zero-order chi connectivity index (χ0) is 20.0. The predicted octanol–water partition coefficient (Wildman–Crippen LogP) is 2.64. The summed E-state index contributed by atoms with van der Waals surface area (Å²) in [4.78, 5) is 15.0. The first-order chi connectivity index (χ1) is 14.1. The molecule has 1 aromatic carbocycles. The Kier molecular flexibility index (Phi) is 4.18. The summed E-state index contributed by atoms with van der Waals surface area (Å²) in [5, 5.41) is 17.8. The molecule has 1 saturated heterocycles. The van der Waals surface area contributed by atoms with Crippen molar-refractivity contribution >= 4 is 16.8 Å². The summed E-state index contributed by atoms with van der Waals surface area (Å²) in [5.74, 6) is 0.0776. The average Bonchev–Trinajstić information content (AvgIpc) is 3.33. The summed E-state index contributed by atoms with van der Waals surface area (Å²) >= 11 is 0. The van der Waals surface area contributed by atoms with Gasteiger partial charge in [0.25, 0.3) is 0 Å². The van der Waals surface area contributed by atoms with E-state index in [-0.39, 0.29) is 18.1 Å². The number of hydrogen-bond donors (Lipinski definition) is 1. The van der Waals surface area contributed by atoms with E-state index < -0.39 is 0 Å². The molecule has 7 heteroatoms. The van der Waals surface area contributed by atoms with Crippen LogP contribution in [0.2, 0.25) is 0 Å². The highest BCUT2D eigenvalue weighted by atomic mass is 16.5. The molecule has 4 heterocycles. The van der Waals surface area contributed by atoms with E-state index in [4.69, 9.17) is 4.74 Å². The van der Waals surface area contributed by atoms with E-state index in [9.17, 15) is 10.1 Å². The largest absolute Gasteiger partial charge is 0.368 e. The monoisotopic (exact) mass is 389 g/mol. The predicted molar refractivity (Wildman–Crippen MR) is 107 cm³/mol. The first kappa shape index (κ1) is 18.0. The number of rotatable bonds is 2. The molecule has 1 spiro atoms. The van der Waals surface area contributed by atoms with Crippen LogP contribution in [-0.4, -0.2) is 45.3 Å². The highest BCUT2D eigenvalue weighted by Gasteiger charge is 2.43. The van der Waals surface area contributed by atoms with Crippen LogP contribution in [0.3, 0.4) is 0 Å². The molecule has 29 heavy (non-hydrogen) atoms. The number of carbonyl (C=O) groups is 1. The normalized spacial score (nSPS) is 18.0. The number of aromatic nitrogens is 3. The number of carbonyl (C=O) groups excluding carboxylic acids is 1. The summed E-state index contributed by atoms with van der Waals surface area (Å²) < 4.78 is 8.14.